The zero-order chi connectivity index (χ0) is 11.9. The Morgan fingerprint density at radius 1 is 1.39 bits per heavy atom. The smallest absolute Gasteiger partial charge is 0.233 e. The van der Waals surface area contributed by atoms with Crippen molar-refractivity contribution in [2.75, 3.05) is 36.9 Å². The minimum atomic E-state index is 0. The van der Waals surface area contributed by atoms with Crippen molar-refractivity contribution in [1.82, 2.24) is 10.6 Å². The second-order valence-corrected chi connectivity index (χ2v) is 7.19. The molecule has 106 valence electrons. The monoisotopic (exact) mass is 310 g/mol. The third kappa shape index (κ3) is 5.59. The first-order valence-corrected chi connectivity index (χ1v) is 8.74. The summed E-state index contributed by atoms with van der Waals surface area (Å²) in [6, 6.07) is 0. The largest absolute Gasteiger partial charge is 0.355 e. The second-order valence-electron chi connectivity index (χ2n) is 4.73. The van der Waals surface area contributed by atoms with Crippen LogP contribution < -0.4 is 10.6 Å². The highest BCUT2D eigenvalue weighted by atomic mass is 35.5. The van der Waals surface area contributed by atoms with Gasteiger partial charge in [-0.15, -0.1) is 24.2 Å². The normalized spacial score (nSPS) is 28.2. The summed E-state index contributed by atoms with van der Waals surface area (Å²) < 4.78 is 0. The van der Waals surface area contributed by atoms with Gasteiger partial charge in [-0.3, -0.25) is 4.79 Å². The summed E-state index contributed by atoms with van der Waals surface area (Å²) in [6.45, 7) is 3.15. The Morgan fingerprint density at radius 3 is 2.94 bits per heavy atom. The molecule has 18 heavy (non-hydrogen) atoms. The number of carbonyl (C=O) groups excluding carboxylic acids is 1. The minimum Gasteiger partial charge on any atom is -0.355 e. The van der Waals surface area contributed by atoms with Gasteiger partial charge < -0.3 is 10.6 Å². The molecule has 0 bridgehead atoms. The number of halogens is 1. The van der Waals surface area contributed by atoms with Crippen LogP contribution in [0.25, 0.3) is 0 Å². The molecule has 0 saturated carbocycles. The second kappa shape index (κ2) is 9.34. The van der Waals surface area contributed by atoms with E-state index in [0.29, 0.717) is 0 Å². The Hall–Kier alpha value is 0.420. The van der Waals surface area contributed by atoms with E-state index in [1.54, 1.807) is 0 Å². The Bertz CT molecular complexity index is 244. The molecule has 2 heterocycles. The Kier molecular flexibility index (Phi) is 8.55. The Balaban J connectivity index is 0.00000162. The molecule has 2 saturated heterocycles. The van der Waals surface area contributed by atoms with Gasteiger partial charge in [0.2, 0.25) is 5.91 Å². The number of rotatable bonds is 4. The summed E-state index contributed by atoms with van der Waals surface area (Å²) >= 11 is 3.71. The van der Waals surface area contributed by atoms with Gasteiger partial charge in [0.25, 0.3) is 0 Å². The van der Waals surface area contributed by atoms with Gasteiger partial charge in [-0.2, -0.15) is 11.8 Å². The number of carbonyl (C=O) groups is 1. The lowest BCUT2D eigenvalue weighted by molar-refractivity contribution is -0.120. The molecular formula is C12H23ClN2OS2. The van der Waals surface area contributed by atoms with Crippen molar-refractivity contribution in [3.8, 4) is 0 Å². The SMILES string of the molecule is Cl.O=C(NCCC1CCCNC1)C1CSCCS1. The van der Waals surface area contributed by atoms with Crippen LogP contribution in [0.5, 0.6) is 0 Å². The van der Waals surface area contributed by atoms with Crippen molar-refractivity contribution in [1.29, 1.82) is 0 Å². The fraction of sp³-hybridized carbons (Fsp3) is 0.917. The average molecular weight is 311 g/mol. The lowest BCUT2D eigenvalue weighted by Crippen LogP contribution is -2.38. The standard InChI is InChI=1S/C12H22N2OS2.ClH/c15-12(11-9-16-6-7-17-11)14-5-3-10-2-1-4-13-8-10;/h10-11,13H,1-9H2,(H,14,15);1H. The topological polar surface area (TPSA) is 41.1 Å². The van der Waals surface area contributed by atoms with Gasteiger partial charge >= 0.3 is 0 Å². The van der Waals surface area contributed by atoms with Crippen molar-refractivity contribution < 1.29 is 4.79 Å². The molecule has 2 unspecified atom stereocenters. The third-order valence-corrected chi connectivity index (χ3v) is 6.11. The number of hydrogen-bond acceptors (Lipinski definition) is 4. The predicted molar refractivity (Wildman–Crippen MR) is 84.0 cm³/mol. The van der Waals surface area contributed by atoms with Crippen molar-refractivity contribution in [3.05, 3.63) is 0 Å². The number of nitrogens with one attached hydrogen (secondary N) is 2. The first-order chi connectivity index (χ1) is 8.36. The highest BCUT2D eigenvalue weighted by Crippen LogP contribution is 2.24. The number of piperidine rings is 1. The van der Waals surface area contributed by atoms with Gasteiger partial charge in [0, 0.05) is 23.8 Å². The molecule has 0 aliphatic carbocycles. The summed E-state index contributed by atoms with van der Waals surface area (Å²) in [4.78, 5) is 11.9. The minimum absolute atomic E-state index is 0. The maximum Gasteiger partial charge on any atom is 0.233 e. The van der Waals surface area contributed by atoms with Gasteiger partial charge in [-0.1, -0.05) is 0 Å². The van der Waals surface area contributed by atoms with E-state index < -0.39 is 0 Å². The summed E-state index contributed by atoms with van der Waals surface area (Å²) in [5.74, 6) is 4.32. The first kappa shape index (κ1) is 16.5. The van der Waals surface area contributed by atoms with Crippen LogP contribution in [0.4, 0.5) is 0 Å². The van der Waals surface area contributed by atoms with E-state index in [4.69, 9.17) is 0 Å². The van der Waals surface area contributed by atoms with Crippen LogP contribution in [0, 0.1) is 5.92 Å². The highest BCUT2D eigenvalue weighted by Gasteiger charge is 2.22. The molecule has 0 radical (unpaired) electrons. The number of amides is 1. The molecule has 0 spiro atoms. The van der Waals surface area contributed by atoms with Crippen LogP contribution in [0.15, 0.2) is 0 Å². The van der Waals surface area contributed by atoms with Crippen LogP contribution >= 0.6 is 35.9 Å². The van der Waals surface area contributed by atoms with E-state index in [9.17, 15) is 4.79 Å². The van der Waals surface area contributed by atoms with Gasteiger partial charge in [-0.05, 0) is 38.3 Å². The molecule has 0 aromatic rings. The van der Waals surface area contributed by atoms with E-state index in [0.717, 1.165) is 36.9 Å². The van der Waals surface area contributed by atoms with Gasteiger partial charge in [0.15, 0.2) is 0 Å². The fourth-order valence-corrected chi connectivity index (χ4v) is 4.90. The zero-order valence-electron chi connectivity index (χ0n) is 10.7. The van der Waals surface area contributed by atoms with Crippen LogP contribution in [-0.2, 0) is 4.79 Å². The summed E-state index contributed by atoms with van der Waals surface area (Å²) in [5, 5.41) is 6.71. The number of thioether (sulfide) groups is 2. The summed E-state index contributed by atoms with van der Waals surface area (Å²) in [7, 11) is 0. The van der Waals surface area contributed by atoms with E-state index >= 15 is 0 Å². The zero-order valence-corrected chi connectivity index (χ0v) is 13.1. The van der Waals surface area contributed by atoms with E-state index in [-0.39, 0.29) is 23.6 Å². The van der Waals surface area contributed by atoms with Crippen LogP contribution in [0.1, 0.15) is 19.3 Å². The maximum absolute atomic E-state index is 11.9. The fourth-order valence-electron chi connectivity index (χ4n) is 2.32. The van der Waals surface area contributed by atoms with E-state index in [1.807, 2.05) is 23.5 Å². The quantitative estimate of drug-likeness (QED) is 0.830. The van der Waals surface area contributed by atoms with Crippen molar-refractivity contribution in [3.63, 3.8) is 0 Å². The van der Waals surface area contributed by atoms with E-state index in [1.165, 1.54) is 25.1 Å². The molecule has 3 nitrogen and oxygen atoms in total. The maximum atomic E-state index is 11.9. The van der Waals surface area contributed by atoms with Crippen molar-refractivity contribution >= 4 is 41.8 Å². The van der Waals surface area contributed by atoms with Crippen molar-refractivity contribution in [2.24, 2.45) is 5.92 Å². The number of hydrogen-bond donors (Lipinski definition) is 2. The van der Waals surface area contributed by atoms with E-state index in [2.05, 4.69) is 10.6 Å². The summed E-state index contributed by atoms with van der Waals surface area (Å²) in [5.41, 5.74) is 0. The molecule has 2 fully saturated rings. The molecule has 2 atom stereocenters. The summed E-state index contributed by atoms with van der Waals surface area (Å²) in [6.07, 6.45) is 3.73. The Morgan fingerprint density at radius 2 is 2.28 bits per heavy atom. The first-order valence-electron chi connectivity index (χ1n) is 6.54. The molecule has 0 aromatic heterocycles. The van der Waals surface area contributed by atoms with Gasteiger partial charge in [0.05, 0.1) is 5.25 Å². The molecular weight excluding hydrogens is 288 g/mol. The van der Waals surface area contributed by atoms with Gasteiger partial charge in [0.1, 0.15) is 0 Å². The molecule has 2 aliphatic rings. The van der Waals surface area contributed by atoms with Crippen LogP contribution in [0.2, 0.25) is 0 Å². The molecule has 6 heteroatoms. The Labute approximate surface area is 124 Å². The molecule has 2 N–H and O–H groups in total. The van der Waals surface area contributed by atoms with Crippen LogP contribution in [0.3, 0.4) is 0 Å². The van der Waals surface area contributed by atoms with Crippen LogP contribution in [-0.4, -0.2) is 48.0 Å². The van der Waals surface area contributed by atoms with Crippen molar-refractivity contribution in [2.45, 2.75) is 24.5 Å². The molecule has 0 aromatic carbocycles. The lowest BCUT2D eigenvalue weighted by atomic mass is 9.96. The molecule has 2 aliphatic heterocycles. The molecule has 2 rings (SSSR count). The lowest BCUT2D eigenvalue weighted by Gasteiger charge is -2.24. The highest BCUT2D eigenvalue weighted by molar-refractivity contribution is 8.07. The third-order valence-electron chi connectivity index (χ3n) is 3.36. The van der Waals surface area contributed by atoms with Gasteiger partial charge in [-0.25, -0.2) is 0 Å². The molecule has 1 amide bonds. The predicted octanol–water partition coefficient (Wildman–Crippen LogP) is 1.76. The average Bonchev–Trinajstić information content (AvgIpc) is 2.41.